The fraction of sp³-hybridized carbons (Fsp3) is 0.625. The molecule has 0 amide bonds. The van der Waals surface area contributed by atoms with E-state index in [0.29, 0.717) is 12.0 Å². The quantitative estimate of drug-likeness (QED) is 0.801. The summed E-state index contributed by atoms with van der Waals surface area (Å²) in [5.41, 5.74) is 7.28. The van der Waals surface area contributed by atoms with Crippen molar-refractivity contribution < 1.29 is 4.74 Å². The number of likely N-dealkylation sites (tertiary alicyclic amines) is 1. The molecular formula is C16H26N2O. The highest BCUT2D eigenvalue weighted by molar-refractivity contribution is 5.32. The van der Waals surface area contributed by atoms with Crippen molar-refractivity contribution >= 4 is 0 Å². The molecule has 1 saturated heterocycles. The maximum atomic E-state index is 5.83. The third-order valence-corrected chi connectivity index (χ3v) is 3.83. The number of nitrogens with zero attached hydrogens (tertiary/aromatic N) is 1. The summed E-state index contributed by atoms with van der Waals surface area (Å²) in [5.74, 6) is 0.937. The van der Waals surface area contributed by atoms with Gasteiger partial charge >= 0.3 is 0 Å². The first-order valence-corrected chi connectivity index (χ1v) is 7.24. The van der Waals surface area contributed by atoms with Gasteiger partial charge in [-0.05, 0) is 30.9 Å². The average molecular weight is 262 g/mol. The minimum atomic E-state index is 0.493. The number of hydrogen-bond acceptors (Lipinski definition) is 3. The summed E-state index contributed by atoms with van der Waals surface area (Å²) in [4.78, 5) is 2.54. The predicted octanol–water partition coefficient (Wildman–Crippen LogP) is 2.65. The van der Waals surface area contributed by atoms with Crippen molar-refractivity contribution in [3.8, 4) is 5.75 Å². The van der Waals surface area contributed by atoms with Gasteiger partial charge in [0.25, 0.3) is 0 Å². The second-order valence-corrected chi connectivity index (χ2v) is 6.20. The highest BCUT2D eigenvalue weighted by atomic mass is 16.5. The van der Waals surface area contributed by atoms with Crippen molar-refractivity contribution in [3.05, 3.63) is 29.8 Å². The van der Waals surface area contributed by atoms with Crippen LogP contribution in [0.25, 0.3) is 0 Å². The third kappa shape index (κ3) is 4.22. The molecule has 0 radical (unpaired) electrons. The van der Waals surface area contributed by atoms with Gasteiger partial charge in [0.05, 0.1) is 6.61 Å². The minimum Gasteiger partial charge on any atom is -0.493 e. The molecule has 19 heavy (non-hydrogen) atoms. The lowest BCUT2D eigenvalue weighted by molar-refractivity contribution is 0.246. The second kappa shape index (κ2) is 6.40. The van der Waals surface area contributed by atoms with Gasteiger partial charge in [-0.3, -0.25) is 0 Å². The second-order valence-electron chi connectivity index (χ2n) is 6.20. The zero-order valence-corrected chi connectivity index (χ0v) is 12.2. The molecule has 0 aromatic heterocycles. The summed E-state index contributed by atoms with van der Waals surface area (Å²) in [6.45, 7) is 9.58. The van der Waals surface area contributed by atoms with Crippen LogP contribution in [0.5, 0.6) is 5.75 Å². The van der Waals surface area contributed by atoms with Gasteiger partial charge < -0.3 is 15.4 Å². The SMILES string of the molecule is CC1(C)CCN(CCCOc2ccccc2CN)C1. The molecule has 2 N–H and O–H groups in total. The number of benzene rings is 1. The van der Waals surface area contributed by atoms with Crippen molar-refractivity contribution in [3.63, 3.8) is 0 Å². The molecule has 0 spiro atoms. The lowest BCUT2D eigenvalue weighted by Gasteiger charge is -2.19. The summed E-state index contributed by atoms with van der Waals surface area (Å²) >= 11 is 0. The van der Waals surface area contributed by atoms with Crippen molar-refractivity contribution in [2.75, 3.05) is 26.2 Å². The normalized spacial score (nSPS) is 18.7. The van der Waals surface area contributed by atoms with Crippen LogP contribution in [0.15, 0.2) is 24.3 Å². The van der Waals surface area contributed by atoms with E-state index < -0.39 is 0 Å². The number of para-hydroxylation sites is 1. The fourth-order valence-electron chi connectivity index (χ4n) is 2.70. The maximum absolute atomic E-state index is 5.83. The molecule has 106 valence electrons. The summed E-state index contributed by atoms with van der Waals surface area (Å²) in [7, 11) is 0. The number of rotatable bonds is 6. The number of ether oxygens (including phenoxy) is 1. The molecule has 1 aliphatic rings. The van der Waals surface area contributed by atoms with Crippen LogP contribution in [0.1, 0.15) is 32.3 Å². The first-order valence-electron chi connectivity index (χ1n) is 7.24. The van der Waals surface area contributed by atoms with Crippen molar-refractivity contribution in [2.24, 2.45) is 11.1 Å². The Hall–Kier alpha value is -1.06. The van der Waals surface area contributed by atoms with E-state index >= 15 is 0 Å². The van der Waals surface area contributed by atoms with Gasteiger partial charge in [-0.15, -0.1) is 0 Å². The van der Waals surface area contributed by atoms with E-state index in [4.69, 9.17) is 10.5 Å². The van der Waals surface area contributed by atoms with E-state index in [1.165, 1.54) is 19.5 Å². The van der Waals surface area contributed by atoms with E-state index in [9.17, 15) is 0 Å². The predicted molar refractivity (Wildman–Crippen MR) is 79.3 cm³/mol. The van der Waals surface area contributed by atoms with E-state index in [1.807, 2.05) is 24.3 Å². The van der Waals surface area contributed by atoms with Crippen LogP contribution in [-0.4, -0.2) is 31.1 Å². The smallest absolute Gasteiger partial charge is 0.123 e. The van der Waals surface area contributed by atoms with Gasteiger partial charge in [-0.1, -0.05) is 32.0 Å². The van der Waals surface area contributed by atoms with Crippen LogP contribution in [0, 0.1) is 5.41 Å². The maximum Gasteiger partial charge on any atom is 0.123 e. The van der Waals surface area contributed by atoms with Crippen molar-refractivity contribution in [1.82, 2.24) is 4.90 Å². The highest BCUT2D eigenvalue weighted by Gasteiger charge is 2.28. The molecule has 0 aliphatic carbocycles. The Morgan fingerprint density at radius 3 is 2.79 bits per heavy atom. The summed E-state index contributed by atoms with van der Waals surface area (Å²) in [6.07, 6.45) is 2.39. The van der Waals surface area contributed by atoms with E-state index in [1.54, 1.807) is 0 Å². The molecular weight excluding hydrogens is 236 g/mol. The minimum absolute atomic E-state index is 0.493. The summed E-state index contributed by atoms with van der Waals surface area (Å²) in [6, 6.07) is 8.03. The molecule has 1 fully saturated rings. The molecule has 1 aromatic carbocycles. The standard InChI is InChI=1S/C16H26N2O/c1-16(2)8-10-18(13-16)9-5-11-19-15-7-4-3-6-14(15)12-17/h3-4,6-7H,5,8-13,17H2,1-2H3. The Balaban J connectivity index is 1.70. The van der Waals surface area contributed by atoms with E-state index in [0.717, 1.165) is 30.9 Å². The summed E-state index contributed by atoms with van der Waals surface area (Å²) < 4.78 is 5.83. The first kappa shape index (κ1) is 14.4. The number of hydrogen-bond donors (Lipinski definition) is 1. The van der Waals surface area contributed by atoms with Crippen molar-refractivity contribution in [1.29, 1.82) is 0 Å². The zero-order valence-electron chi connectivity index (χ0n) is 12.2. The number of nitrogens with two attached hydrogens (primary N) is 1. The largest absolute Gasteiger partial charge is 0.493 e. The Morgan fingerprint density at radius 1 is 1.32 bits per heavy atom. The van der Waals surface area contributed by atoms with Gasteiger partial charge in [-0.2, -0.15) is 0 Å². The third-order valence-electron chi connectivity index (χ3n) is 3.83. The van der Waals surface area contributed by atoms with Crippen LogP contribution in [0.2, 0.25) is 0 Å². The molecule has 0 unspecified atom stereocenters. The molecule has 3 nitrogen and oxygen atoms in total. The van der Waals surface area contributed by atoms with Gasteiger partial charge in [0.1, 0.15) is 5.75 Å². The van der Waals surface area contributed by atoms with Crippen LogP contribution in [0.4, 0.5) is 0 Å². The lowest BCUT2D eigenvalue weighted by atomic mass is 9.93. The van der Waals surface area contributed by atoms with Crippen LogP contribution in [-0.2, 0) is 6.54 Å². The molecule has 3 heteroatoms. The first-order chi connectivity index (χ1) is 9.11. The van der Waals surface area contributed by atoms with Gasteiger partial charge in [0.15, 0.2) is 0 Å². The van der Waals surface area contributed by atoms with Gasteiger partial charge in [0.2, 0.25) is 0 Å². The highest BCUT2D eigenvalue weighted by Crippen LogP contribution is 2.28. The molecule has 1 heterocycles. The van der Waals surface area contributed by atoms with Crippen molar-refractivity contribution in [2.45, 2.75) is 33.2 Å². The van der Waals surface area contributed by atoms with E-state index in [-0.39, 0.29) is 0 Å². The van der Waals surface area contributed by atoms with Gasteiger partial charge in [0, 0.05) is 25.2 Å². The Labute approximate surface area is 116 Å². The lowest BCUT2D eigenvalue weighted by Crippen LogP contribution is -2.25. The van der Waals surface area contributed by atoms with Crippen LogP contribution in [0.3, 0.4) is 0 Å². The Kier molecular flexibility index (Phi) is 4.83. The van der Waals surface area contributed by atoms with Crippen LogP contribution < -0.4 is 10.5 Å². The molecule has 2 rings (SSSR count). The molecule has 1 aliphatic heterocycles. The summed E-state index contributed by atoms with van der Waals surface area (Å²) in [5, 5.41) is 0. The average Bonchev–Trinajstić information content (AvgIpc) is 2.75. The zero-order chi connectivity index (χ0) is 13.7. The van der Waals surface area contributed by atoms with Crippen LogP contribution >= 0.6 is 0 Å². The Bertz CT molecular complexity index is 403. The van der Waals surface area contributed by atoms with Gasteiger partial charge in [-0.25, -0.2) is 0 Å². The van der Waals surface area contributed by atoms with E-state index in [2.05, 4.69) is 18.7 Å². The molecule has 0 atom stereocenters. The topological polar surface area (TPSA) is 38.5 Å². The monoisotopic (exact) mass is 262 g/mol. The molecule has 0 bridgehead atoms. The molecule has 1 aromatic rings. The fourth-order valence-corrected chi connectivity index (χ4v) is 2.70. The molecule has 0 saturated carbocycles. The Morgan fingerprint density at radius 2 is 2.11 bits per heavy atom.